The summed E-state index contributed by atoms with van der Waals surface area (Å²) >= 11 is 0. The van der Waals surface area contributed by atoms with Crippen LogP contribution in [0.15, 0.2) is 24.4 Å². The second kappa shape index (κ2) is 6.91. The number of hydrogen-bond donors (Lipinski definition) is 2. The number of nitrogens with one attached hydrogen (secondary N) is 2. The Morgan fingerprint density at radius 2 is 2.17 bits per heavy atom. The SMILES string of the molecule is F[C@@H]1CNCC[C@@H]1NCCc1ccnc2ccc3c(c12)OCCO3. The first-order valence-electron chi connectivity index (χ1n) is 8.57. The number of nitrogens with zero attached hydrogens (tertiary/aromatic N) is 1. The topological polar surface area (TPSA) is 55.4 Å². The molecule has 1 saturated heterocycles. The lowest BCUT2D eigenvalue weighted by Crippen LogP contribution is -2.49. The van der Waals surface area contributed by atoms with Gasteiger partial charge in [-0.05, 0) is 49.7 Å². The number of ether oxygens (including phenoxy) is 2. The molecule has 0 spiro atoms. The summed E-state index contributed by atoms with van der Waals surface area (Å²) in [5.41, 5.74) is 2.06. The van der Waals surface area contributed by atoms with E-state index in [4.69, 9.17) is 9.47 Å². The van der Waals surface area contributed by atoms with Crippen molar-refractivity contribution in [3.8, 4) is 11.5 Å². The molecule has 2 aromatic rings. The summed E-state index contributed by atoms with van der Waals surface area (Å²) in [5.74, 6) is 1.56. The molecule has 1 aromatic heterocycles. The molecule has 0 radical (unpaired) electrons. The summed E-state index contributed by atoms with van der Waals surface area (Å²) in [6.07, 6.45) is 2.62. The van der Waals surface area contributed by atoms with Crippen molar-refractivity contribution in [1.29, 1.82) is 0 Å². The van der Waals surface area contributed by atoms with Crippen LogP contribution in [0.5, 0.6) is 11.5 Å². The zero-order chi connectivity index (χ0) is 16.4. The van der Waals surface area contributed by atoms with Gasteiger partial charge in [-0.2, -0.15) is 0 Å². The van der Waals surface area contributed by atoms with E-state index in [1.54, 1.807) is 0 Å². The third kappa shape index (κ3) is 3.03. The Bertz CT molecular complexity index is 725. The molecule has 0 bridgehead atoms. The molecule has 0 unspecified atom stereocenters. The van der Waals surface area contributed by atoms with Crippen LogP contribution >= 0.6 is 0 Å². The molecule has 2 N–H and O–H groups in total. The summed E-state index contributed by atoms with van der Waals surface area (Å²) in [6.45, 7) is 3.17. The quantitative estimate of drug-likeness (QED) is 0.895. The Balaban J connectivity index is 1.53. The number of pyridine rings is 1. The summed E-state index contributed by atoms with van der Waals surface area (Å²) in [7, 11) is 0. The van der Waals surface area contributed by atoms with E-state index < -0.39 is 6.17 Å². The highest BCUT2D eigenvalue weighted by molar-refractivity contribution is 5.91. The molecule has 3 heterocycles. The number of rotatable bonds is 4. The average Bonchev–Trinajstić information content (AvgIpc) is 2.63. The number of aromatic nitrogens is 1. The van der Waals surface area contributed by atoms with Gasteiger partial charge in [-0.1, -0.05) is 0 Å². The van der Waals surface area contributed by atoms with Gasteiger partial charge in [-0.3, -0.25) is 4.98 Å². The molecule has 24 heavy (non-hydrogen) atoms. The molecular formula is C18H22FN3O2. The van der Waals surface area contributed by atoms with Gasteiger partial charge in [-0.25, -0.2) is 4.39 Å². The van der Waals surface area contributed by atoms with Gasteiger partial charge in [0.1, 0.15) is 19.4 Å². The molecular weight excluding hydrogens is 309 g/mol. The Morgan fingerprint density at radius 3 is 3.08 bits per heavy atom. The summed E-state index contributed by atoms with van der Waals surface area (Å²) in [4.78, 5) is 4.44. The highest BCUT2D eigenvalue weighted by Crippen LogP contribution is 2.38. The van der Waals surface area contributed by atoms with E-state index in [0.717, 1.165) is 53.9 Å². The first kappa shape index (κ1) is 15.6. The van der Waals surface area contributed by atoms with Gasteiger partial charge in [0, 0.05) is 24.2 Å². The van der Waals surface area contributed by atoms with Gasteiger partial charge in [0.05, 0.1) is 5.52 Å². The lowest BCUT2D eigenvalue weighted by molar-refractivity contribution is 0.174. The minimum Gasteiger partial charge on any atom is -0.486 e. The summed E-state index contributed by atoms with van der Waals surface area (Å²) < 4.78 is 25.4. The maximum atomic E-state index is 13.9. The van der Waals surface area contributed by atoms with Crippen LogP contribution in [-0.4, -0.2) is 50.0 Å². The Kier molecular flexibility index (Phi) is 4.49. The van der Waals surface area contributed by atoms with Crippen molar-refractivity contribution in [2.45, 2.75) is 25.1 Å². The molecule has 4 rings (SSSR count). The highest BCUT2D eigenvalue weighted by Gasteiger charge is 2.24. The van der Waals surface area contributed by atoms with Crippen molar-refractivity contribution in [3.05, 3.63) is 30.0 Å². The molecule has 6 heteroatoms. The van der Waals surface area contributed by atoms with E-state index >= 15 is 0 Å². The Labute approximate surface area is 140 Å². The predicted molar refractivity (Wildman–Crippen MR) is 90.6 cm³/mol. The van der Waals surface area contributed by atoms with Crippen LogP contribution in [0, 0.1) is 0 Å². The van der Waals surface area contributed by atoms with Crippen molar-refractivity contribution in [3.63, 3.8) is 0 Å². The fourth-order valence-corrected chi connectivity index (χ4v) is 3.47. The lowest BCUT2D eigenvalue weighted by Gasteiger charge is -2.27. The zero-order valence-electron chi connectivity index (χ0n) is 13.6. The Morgan fingerprint density at radius 1 is 1.25 bits per heavy atom. The molecule has 5 nitrogen and oxygen atoms in total. The van der Waals surface area contributed by atoms with E-state index in [1.165, 1.54) is 0 Å². The Hall–Kier alpha value is -1.92. The van der Waals surface area contributed by atoms with Crippen molar-refractivity contribution in [1.82, 2.24) is 15.6 Å². The van der Waals surface area contributed by atoms with Crippen LogP contribution in [0.3, 0.4) is 0 Å². The number of piperidine rings is 1. The molecule has 0 saturated carbocycles. The largest absolute Gasteiger partial charge is 0.486 e. The molecule has 2 atom stereocenters. The minimum atomic E-state index is -0.822. The maximum Gasteiger partial charge on any atom is 0.171 e. The molecule has 128 valence electrons. The number of benzene rings is 1. The number of fused-ring (bicyclic) bond motifs is 3. The molecule has 2 aliphatic rings. The lowest BCUT2D eigenvalue weighted by atomic mass is 10.0. The first-order valence-corrected chi connectivity index (χ1v) is 8.57. The van der Waals surface area contributed by atoms with Gasteiger partial charge in [0.15, 0.2) is 11.5 Å². The van der Waals surface area contributed by atoms with Crippen LogP contribution in [0.2, 0.25) is 0 Å². The van der Waals surface area contributed by atoms with Crippen LogP contribution in [0.25, 0.3) is 10.9 Å². The van der Waals surface area contributed by atoms with Crippen LogP contribution in [0.4, 0.5) is 4.39 Å². The van der Waals surface area contributed by atoms with Crippen molar-refractivity contribution in [2.24, 2.45) is 0 Å². The van der Waals surface area contributed by atoms with E-state index in [0.29, 0.717) is 19.8 Å². The fraction of sp³-hybridized carbons (Fsp3) is 0.500. The van der Waals surface area contributed by atoms with Crippen LogP contribution in [0.1, 0.15) is 12.0 Å². The molecule has 2 aliphatic heterocycles. The van der Waals surface area contributed by atoms with E-state index in [-0.39, 0.29) is 6.04 Å². The number of halogens is 1. The summed E-state index contributed by atoms with van der Waals surface area (Å²) in [6, 6.07) is 5.82. The smallest absolute Gasteiger partial charge is 0.171 e. The maximum absolute atomic E-state index is 13.9. The van der Waals surface area contributed by atoms with Gasteiger partial charge in [0.25, 0.3) is 0 Å². The van der Waals surface area contributed by atoms with Gasteiger partial charge < -0.3 is 20.1 Å². The molecule has 1 fully saturated rings. The number of alkyl halides is 1. The minimum absolute atomic E-state index is 0.0622. The summed E-state index contributed by atoms with van der Waals surface area (Å²) in [5, 5.41) is 7.45. The molecule has 0 aliphatic carbocycles. The van der Waals surface area contributed by atoms with Gasteiger partial charge in [-0.15, -0.1) is 0 Å². The third-order valence-corrected chi connectivity index (χ3v) is 4.71. The second-order valence-corrected chi connectivity index (χ2v) is 6.27. The van der Waals surface area contributed by atoms with Crippen LogP contribution < -0.4 is 20.1 Å². The van der Waals surface area contributed by atoms with Crippen molar-refractivity contribution in [2.75, 3.05) is 32.8 Å². The third-order valence-electron chi connectivity index (χ3n) is 4.71. The second-order valence-electron chi connectivity index (χ2n) is 6.27. The van der Waals surface area contributed by atoms with Crippen LogP contribution in [-0.2, 0) is 6.42 Å². The van der Waals surface area contributed by atoms with E-state index in [1.807, 2.05) is 24.4 Å². The van der Waals surface area contributed by atoms with Gasteiger partial charge >= 0.3 is 0 Å². The van der Waals surface area contributed by atoms with Crippen molar-refractivity contribution >= 4 is 10.9 Å². The highest BCUT2D eigenvalue weighted by atomic mass is 19.1. The normalized spacial score (nSPS) is 23.4. The first-order chi connectivity index (χ1) is 11.8. The van der Waals surface area contributed by atoms with Gasteiger partial charge in [0.2, 0.25) is 0 Å². The van der Waals surface area contributed by atoms with Crippen molar-refractivity contribution < 1.29 is 13.9 Å². The van der Waals surface area contributed by atoms with E-state index in [9.17, 15) is 4.39 Å². The monoisotopic (exact) mass is 331 g/mol. The van der Waals surface area contributed by atoms with E-state index in [2.05, 4.69) is 15.6 Å². The molecule has 0 amide bonds. The average molecular weight is 331 g/mol. The molecule has 1 aromatic carbocycles. The standard InChI is InChI=1S/C18H22FN3O2/c19-13-11-20-6-5-14(13)21-7-3-12-4-8-22-15-1-2-16-18(17(12)15)24-10-9-23-16/h1-2,4,8,13-14,20-21H,3,5-7,9-11H2/t13-,14+/m1/s1. The zero-order valence-corrected chi connectivity index (χ0v) is 13.6. The fourth-order valence-electron chi connectivity index (χ4n) is 3.47. The number of hydrogen-bond acceptors (Lipinski definition) is 5. The predicted octanol–water partition coefficient (Wildman–Crippen LogP) is 1.84.